The van der Waals surface area contributed by atoms with Crippen molar-refractivity contribution in [2.24, 2.45) is 0 Å². The fourth-order valence-corrected chi connectivity index (χ4v) is 4.16. The summed E-state index contributed by atoms with van der Waals surface area (Å²) in [5.74, 6) is 0.798. The van der Waals surface area contributed by atoms with Gasteiger partial charge in [0.15, 0.2) is 5.75 Å². The summed E-state index contributed by atoms with van der Waals surface area (Å²) in [5.41, 5.74) is 9.44. The number of hydrogen-bond acceptors (Lipinski definition) is 3. The van der Waals surface area contributed by atoms with Crippen LogP contribution >= 0.6 is 0 Å². The van der Waals surface area contributed by atoms with Crippen molar-refractivity contribution in [2.75, 3.05) is 7.11 Å². The molecule has 0 saturated heterocycles. The average Bonchev–Trinajstić information content (AvgIpc) is 3.58. The van der Waals surface area contributed by atoms with Crippen LogP contribution in [0, 0.1) is 0 Å². The molecule has 0 unspecified atom stereocenters. The quantitative estimate of drug-likeness (QED) is 0.308. The van der Waals surface area contributed by atoms with E-state index in [0.717, 1.165) is 61.7 Å². The molecule has 3 aromatic heterocycles. The molecule has 1 radical (unpaired) electrons. The third-order valence-electron chi connectivity index (χ3n) is 5.57. The van der Waals surface area contributed by atoms with E-state index in [1.165, 1.54) is 0 Å². The van der Waals surface area contributed by atoms with Gasteiger partial charge in [-0.1, -0.05) is 30.3 Å². The Morgan fingerprint density at radius 3 is 1.91 bits per heavy atom. The minimum absolute atomic E-state index is 0. The molecule has 6 heteroatoms. The van der Waals surface area contributed by atoms with Gasteiger partial charge in [-0.05, 0) is 66.3 Å². The summed E-state index contributed by atoms with van der Waals surface area (Å²) >= 11 is 0. The van der Waals surface area contributed by atoms with E-state index in [1.807, 2.05) is 60.7 Å². The van der Waals surface area contributed by atoms with Crippen LogP contribution in [0.25, 0.3) is 57.5 Å². The number of aromatic amines is 2. The Hall–Kier alpha value is -3.87. The van der Waals surface area contributed by atoms with Crippen molar-refractivity contribution in [1.29, 1.82) is 0 Å². The summed E-state index contributed by atoms with van der Waals surface area (Å²) in [7, 11) is 1.71. The van der Waals surface area contributed by atoms with E-state index in [1.54, 1.807) is 7.11 Å². The van der Waals surface area contributed by atoms with Gasteiger partial charge in [0.1, 0.15) is 0 Å². The molecule has 163 valence electrons. The van der Waals surface area contributed by atoms with E-state index in [4.69, 9.17) is 9.72 Å². The SMILES string of the molecule is COc1c(-c2ccccc2)c2cc3nc(cc4nc(cc5ccc(cc1[nH]2)[nH]5)C=C4)C=C3.[Co]. The maximum absolute atomic E-state index is 5.89. The molecule has 0 saturated carbocycles. The number of ether oxygens (including phenoxy) is 1. The number of H-pyrrole nitrogens is 2. The number of nitrogens with zero attached hydrogens (tertiary/aromatic N) is 2. The fraction of sp³-hybridized carbons (Fsp3) is 0.0370. The van der Waals surface area contributed by atoms with Crippen molar-refractivity contribution >= 4 is 46.4 Å². The normalized spacial score (nSPS) is 11.9. The monoisotopic (exact) mass is 475 g/mol. The van der Waals surface area contributed by atoms with E-state index in [2.05, 4.69) is 45.3 Å². The summed E-state index contributed by atoms with van der Waals surface area (Å²) in [6, 6.07) is 22.5. The molecule has 1 aromatic carbocycles. The molecule has 8 bridgehead atoms. The third kappa shape index (κ3) is 4.02. The molecule has 2 aliphatic heterocycles. The second-order valence-electron chi connectivity index (χ2n) is 7.76. The predicted molar refractivity (Wildman–Crippen MR) is 131 cm³/mol. The number of hydrogen-bond donors (Lipinski definition) is 2. The minimum Gasteiger partial charge on any atom is -0.494 e. The molecule has 33 heavy (non-hydrogen) atoms. The van der Waals surface area contributed by atoms with Crippen LogP contribution in [0.15, 0.2) is 66.7 Å². The number of rotatable bonds is 2. The standard InChI is InChI=1S/C27H20N4O.Co/c1-32-27-25-16-23-12-10-21(30-23)14-19-8-7-18(28-19)13-20-9-11-22(29-20)15-24(31-25)26(27)17-5-3-2-4-6-17;/h2-16,30-31H,1H3;. The number of benzene rings is 1. The first-order valence-corrected chi connectivity index (χ1v) is 10.5. The maximum Gasteiger partial charge on any atom is 0.152 e. The van der Waals surface area contributed by atoms with Crippen molar-refractivity contribution in [2.45, 2.75) is 0 Å². The number of aromatic nitrogens is 4. The molecule has 2 aliphatic rings. The Kier molecular flexibility index (Phi) is 5.46. The minimum atomic E-state index is 0. The van der Waals surface area contributed by atoms with Gasteiger partial charge in [-0.2, -0.15) is 0 Å². The van der Waals surface area contributed by atoms with Gasteiger partial charge >= 0.3 is 0 Å². The molecule has 0 atom stereocenters. The van der Waals surface area contributed by atoms with Crippen LogP contribution in [0.2, 0.25) is 0 Å². The maximum atomic E-state index is 5.89. The van der Waals surface area contributed by atoms with Crippen LogP contribution in [0.3, 0.4) is 0 Å². The Morgan fingerprint density at radius 2 is 1.24 bits per heavy atom. The fourth-order valence-electron chi connectivity index (χ4n) is 4.16. The van der Waals surface area contributed by atoms with Crippen LogP contribution in [-0.4, -0.2) is 27.0 Å². The van der Waals surface area contributed by atoms with Crippen LogP contribution < -0.4 is 4.74 Å². The number of fused-ring (bicyclic) bond motifs is 8. The van der Waals surface area contributed by atoms with Crippen LogP contribution in [0.5, 0.6) is 5.75 Å². The Bertz CT molecular complexity index is 1560. The number of nitrogens with one attached hydrogen (secondary N) is 2. The first-order valence-electron chi connectivity index (χ1n) is 10.5. The van der Waals surface area contributed by atoms with Gasteiger partial charge in [-0.25, -0.2) is 9.97 Å². The zero-order chi connectivity index (χ0) is 21.5. The van der Waals surface area contributed by atoms with E-state index >= 15 is 0 Å². The van der Waals surface area contributed by atoms with E-state index in [-0.39, 0.29) is 16.8 Å². The molecular weight excluding hydrogens is 455 g/mol. The second kappa shape index (κ2) is 8.58. The van der Waals surface area contributed by atoms with Crippen molar-refractivity contribution in [1.82, 2.24) is 19.9 Å². The van der Waals surface area contributed by atoms with Gasteiger partial charge in [0, 0.05) is 33.4 Å². The molecule has 6 rings (SSSR count). The van der Waals surface area contributed by atoms with Gasteiger partial charge in [-0.15, -0.1) is 0 Å². The van der Waals surface area contributed by atoms with Crippen LogP contribution in [0.4, 0.5) is 0 Å². The molecule has 2 N–H and O–H groups in total. The van der Waals surface area contributed by atoms with E-state index in [0.29, 0.717) is 0 Å². The Labute approximate surface area is 201 Å². The molecule has 0 spiro atoms. The van der Waals surface area contributed by atoms with Gasteiger partial charge in [0.05, 0.1) is 40.9 Å². The topological polar surface area (TPSA) is 66.6 Å². The summed E-state index contributed by atoms with van der Waals surface area (Å²) in [6.45, 7) is 0. The summed E-state index contributed by atoms with van der Waals surface area (Å²) < 4.78 is 5.89. The van der Waals surface area contributed by atoms with Crippen LogP contribution in [-0.2, 0) is 16.8 Å². The zero-order valence-corrected chi connectivity index (χ0v) is 18.8. The summed E-state index contributed by atoms with van der Waals surface area (Å²) in [6.07, 6.45) is 8.04. The van der Waals surface area contributed by atoms with E-state index < -0.39 is 0 Å². The van der Waals surface area contributed by atoms with E-state index in [9.17, 15) is 0 Å². The largest absolute Gasteiger partial charge is 0.494 e. The predicted octanol–water partition coefficient (Wildman–Crippen LogP) is 6.33. The van der Waals surface area contributed by atoms with Gasteiger partial charge in [0.25, 0.3) is 0 Å². The van der Waals surface area contributed by atoms with Crippen molar-refractivity contribution < 1.29 is 21.5 Å². The molecule has 0 fully saturated rings. The smallest absolute Gasteiger partial charge is 0.152 e. The Morgan fingerprint density at radius 1 is 0.636 bits per heavy atom. The molecule has 4 aromatic rings. The number of methoxy groups -OCH3 is 1. The molecule has 0 aliphatic carbocycles. The zero-order valence-electron chi connectivity index (χ0n) is 17.8. The van der Waals surface area contributed by atoms with Gasteiger partial charge in [0.2, 0.25) is 0 Å². The van der Waals surface area contributed by atoms with Crippen molar-refractivity contribution in [3.8, 4) is 16.9 Å². The van der Waals surface area contributed by atoms with Gasteiger partial charge < -0.3 is 14.7 Å². The second-order valence-corrected chi connectivity index (χ2v) is 7.76. The van der Waals surface area contributed by atoms with Crippen LogP contribution in [0.1, 0.15) is 22.8 Å². The van der Waals surface area contributed by atoms with Crippen molar-refractivity contribution in [3.63, 3.8) is 0 Å². The molecule has 5 nitrogen and oxygen atoms in total. The van der Waals surface area contributed by atoms with Crippen molar-refractivity contribution in [3.05, 3.63) is 89.5 Å². The first-order chi connectivity index (χ1) is 15.7. The summed E-state index contributed by atoms with van der Waals surface area (Å²) in [4.78, 5) is 16.4. The molecule has 5 heterocycles. The van der Waals surface area contributed by atoms with Gasteiger partial charge in [-0.3, -0.25) is 0 Å². The molecule has 0 amide bonds. The first kappa shape index (κ1) is 21.0. The third-order valence-corrected chi connectivity index (χ3v) is 5.57. The summed E-state index contributed by atoms with van der Waals surface area (Å²) in [5, 5.41) is 0. The average molecular weight is 475 g/mol. The molecular formula is C27H20CoN4O. The Balaban J connectivity index is 0.00000228.